The first-order valence-corrected chi connectivity index (χ1v) is 4.10. The van der Waals surface area contributed by atoms with Crippen LogP contribution in [-0.4, -0.2) is 21.4 Å². The van der Waals surface area contributed by atoms with Gasteiger partial charge in [0.25, 0.3) is 0 Å². The number of aryl methyl sites for hydroxylation is 1. The van der Waals surface area contributed by atoms with Crippen molar-refractivity contribution in [1.29, 1.82) is 0 Å². The second-order valence-corrected chi connectivity index (χ2v) is 3.90. The maximum absolute atomic E-state index is 11.4. The summed E-state index contributed by atoms with van der Waals surface area (Å²) in [7, 11) is 1.76. The monoisotopic (exact) mass is 182 g/mol. The highest BCUT2D eigenvalue weighted by Crippen LogP contribution is 2.10. The molecule has 0 aliphatic rings. The van der Waals surface area contributed by atoms with E-state index in [1.165, 1.54) is 6.20 Å². The molecule has 0 N–H and O–H groups in total. The van der Waals surface area contributed by atoms with Crippen molar-refractivity contribution in [2.45, 2.75) is 26.4 Å². The normalized spacial score (nSPS) is 11.4. The second-order valence-electron chi connectivity index (χ2n) is 3.90. The van der Waals surface area contributed by atoms with Crippen LogP contribution in [0.4, 0.5) is 0 Å². The van der Waals surface area contributed by atoms with Gasteiger partial charge in [0.05, 0.1) is 11.8 Å². The fourth-order valence-electron chi connectivity index (χ4n) is 0.864. The number of hydrogen-bond donors (Lipinski definition) is 0. The molecule has 0 radical (unpaired) electrons. The molecule has 0 bridgehead atoms. The molecule has 1 aromatic rings. The minimum Gasteiger partial charge on any atom is -0.456 e. The van der Waals surface area contributed by atoms with Gasteiger partial charge in [-0.25, -0.2) is 4.79 Å². The van der Waals surface area contributed by atoms with E-state index in [2.05, 4.69) is 5.10 Å². The molecular formula is C9H14N2O2. The summed E-state index contributed by atoms with van der Waals surface area (Å²) in [4.78, 5) is 11.4. The molecule has 0 atom stereocenters. The molecule has 4 nitrogen and oxygen atoms in total. The summed E-state index contributed by atoms with van der Waals surface area (Å²) in [5, 5.41) is 3.88. The Bertz CT molecular complexity index is 310. The number of rotatable bonds is 1. The van der Waals surface area contributed by atoms with Crippen LogP contribution in [0.25, 0.3) is 0 Å². The average molecular weight is 182 g/mol. The van der Waals surface area contributed by atoms with Crippen molar-refractivity contribution < 1.29 is 9.53 Å². The number of esters is 1. The summed E-state index contributed by atoms with van der Waals surface area (Å²) in [6.45, 7) is 5.50. The molecule has 72 valence electrons. The molecule has 4 heteroatoms. The summed E-state index contributed by atoms with van der Waals surface area (Å²) < 4.78 is 6.71. The van der Waals surface area contributed by atoms with Crippen LogP contribution >= 0.6 is 0 Å². The Morgan fingerprint density at radius 1 is 1.54 bits per heavy atom. The Hall–Kier alpha value is -1.32. The first kappa shape index (κ1) is 9.77. The first-order chi connectivity index (χ1) is 5.88. The van der Waals surface area contributed by atoms with Gasteiger partial charge in [0.2, 0.25) is 0 Å². The summed E-state index contributed by atoms with van der Waals surface area (Å²) in [5.74, 6) is -0.333. The zero-order valence-corrected chi connectivity index (χ0v) is 8.37. The van der Waals surface area contributed by atoms with Crippen LogP contribution in [0.1, 0.15) is 31.1 Å². The third-order valence-electron chi connectivity index (χ3n) is 1.34. The fraction of sp³-hybridized carbons (Fsp3) is 0.556. The number of ether oxygens (including phenoxy) is 1. The minimum absolute atomic E-state index is 0.333. The van der Waals surface area contributed by atoms with Crippen molar-refractivity contribution >= 4 is 5.97 Å². The Morgan fingerprint density at radius 3 is 2.54 bits per heavy atom. The van der Waals surface area contributed by atoms with Gasteiger partial charge in [-0.15, -0.1) is 0 Å². The van der Waals surface area contributed by atoms with Crippen LogP contribution in [-0.2, 0) is 11.8 Å². The molecule has 0 saturated carbocycles. The summed E-state index contributed by atoms with van der Waals surface area (Å²) >= 11 is 0. The lowest BCUT2D eigenvalue weighted by Gasteiger charge is -2.18. The van der Waals surface area contributed by atoms with E-state index >= 15 is 0 Å². The lowest BCUT2D eigenvalue weighted by Crippen LogP contribution is -2.23. The van der Waals surface area contributed by atoms with Crippen molar-refractivity contribution in [1.82, 2.24) is 9.78 Å². The lowest BCUT2D eigenvalue weighted by atomic mass is 10.2. The number of aromatic nitrogens is 2. The zero-order chi connectivity index (χ0) is 10.1. The van der Waals surface area contributed by atoms with E-state index in [1.54, 1.807) is 17.9 Å². The second kappa shape index (κ2) is 3.20. The van der Waals surface area contributed by atoms with Crippen LogP contribution in [0.2, 0.25) is 0 Å². The predicted octanol–water partition coefficient (Wildman–Crippen LogP) is 1.38. The van der Waals surface area contributed by atoms with Gasteiger partial charge in [-0.2, -0.15) is 5.10 Å². The smallest absolute Gasteiger partial charge is 0.341 e. The molecule has 0 unspecified atom stereocenters. The van der Waals surface area contributed by atoms with E-state index < -0.39 is 5.60 Å². The maximum atomic E-state index is 11.4. The van der Waals surface area contributed by atoms with E-state index in [4.69, 9.17) is 4.74 Å². The Labute approximate surface area is 77.5 Å². The van der Waals surface area contributed by atoms with Crippen molar-refractivity contribution in [2.75, 3.05) is 0 Å². The number of carbonyl (C=O) groups excluding carboxylic acids is 1. The number of nitrogens with zero attached hydrogens (tertiary/aromatic N) is 2. The van der Waals surface area contributed by atoms with Gasteiger partial charge in [0, 0.05) is 13.2 Å². The van der Waals surface area contributed by atoms with Crippen LogP contribution in [0, 0.1) is 0 Å². The van der Waals surface area contributed by atoms with Crippen molar-refractivity contribution in [2.24, 2.45) is 7.05 Å². The standard InChI is InChI=1S/C9H14N2O2/c1-9(2,3)13-8(12)7-5-10-11(4)6-7/h5-6H,1-4H3. The minimum atomic E-state index is -0.451. The van der Waals surface area contributed by atoms with E-state index in [0.717, 1.165) is 0 Å². The van der Waals surface area contributed by atoms with Crippen molar-refractivity contribution in [3.8, 4) is 0 Å². The summed E-state index contributed by atoms with van der Waals surface area (Å²) in [5.41, 5.74) is 0.0323. The van der Waals surface area contributed by atoms with E-state index in [1.807, 2.05) is 20.8 Å². The largest absolute Gasteiger partial charge is 0.456 e. The van der Waals surface area contributed by atoms with Crippen LogP contribution < -0.4 is 0 Å². The van der Waals surface area contributed by atoms with Gasteiger partial charge in [0.15, 0.2) is 0 Å². The van der Waals surface area contributed by atoms with Gasteiger partial charge in [-0.3, -0.25) is 4.68 Å². The lowest BCUT2D eigenvalue weighted by molar-refractivity contribution is 0.00695. The van der Waals surface area contributed by atoms with Gasteiger partial charge in [-0.1, -0.05) is 0 Å². The Morgan fingerprint density at radius 2 is 2.15 bits per heavy atom. The molecule has 0 saturated heterocycles. The summed E-state index contributed by atoms with van der Waals surface area (Å²) in [6.07, 6.45) is 3.13. The molecule has 1 rings (SSSR count). The molecule has 0 aromatic carbocycles. The van der Waals surface area contributed by atoms with Gasteiger partial charge in [0.1, 0.15) is 5.60 Å². The third-order valence-corrected chi connectivity index (χ3v) is 1.34. The number of hydrogen-bond acceptors (Lipinski definition) is 3. The van der Waals surface area contributed by atoms with Crippen LogP contribution in [0.3, 0.4) is 0 Å². The quantitative estimate of drug-likeness (QED) is 0.616. The SMILES string of the molecule is Cn1cc(C(=O)OC(C)(C)C)cn1. The Kier molecular flexibility index (Phi) is 2.40. The Balaban J connectivity index is 2.70. The van der Waals surface area contributed by atoms with E-state index in [9.17, 15) is 4.79 Å². The third kappa shape index (κ3) is 2.89. The zero-order valence-electron chi connectivity index (χ0n) is 8.37. The molecule has 0 amide bonds. The predicted molar refractivity (Wildman–Crippen MR) is 48.4 cm³/mol. The fourth-order valence-corrected chi connectivity index (χ4v) is 0.864. The first-order valence-electron chi connectivity index (χ1n) is 4.10. The van der Waals surface area contributed by atoms with Crippen molar-refractivity contribution in [3.05, 3.63) is 18.0 Å². The average Bonchev–Trinajstić information content (AvgIpc) is 2.31. The van der Waals surface area contributed by atoms with Gasteiger partial charge >= 0.3 is 5.97 Å². The van der Waals surface area contributed by atoms with Crippen LogP contribution in [0.15, 0.2) is 12.4 Å². The topological polar surface area (TPSA) is 44.1 Å². The molecule has 0 fully saturated rings. The molecule has 1 heterocycles. The molecule has 0 aliphatic heterocycles. The van der Waals surface area contributed by atoms with E-state index in [-0.39, 0.29) is 5.97 Å². The summed E-state index contributed by atoms with van der Waals surface area (Å²) in [6, 6.07) is 0. The highest BCUT2D eigenvalue weighted by molar-refractivity contribution is 5.89. The van der Waals surface area contributed by atoms with Gasteiger partial charge in [-0.05, 0) is 20.8 Å². The highest BCUT2D eigenvalue weighted by atomic mass is 16.6. The number of carbonyl (C=O) groups is 1. The van der Waals surface area contributed by atoms with Gasteiger partial charge < -0.3 is 4.74 Å². The molecule has 0 aliphatic carbocycles. The molecule has 0 spiro atoms. The van der Waals surface area contributed by atoms with Crippen molar-refractivity contribution in [3.63, 3.8) is 0 Å². The molecular weight excluding hydrogens is 168 g/mol. The highest BCUT2D eigenvalue weighted by Gasteiger charge is 2.18. The van der Waals surface area contributed by atoms with E-state index in [0.29, 0.717) is 5.56 Å². The molecule has 13 heavy (non-hydrogen) atoms. The molecule has 1 aromatic heterocycles. The van der Waals surface area contributed by atoms with Crippen LogP contribution in [0.5, 0.6) is 0 Å². The maximum Gasteiger partial charge on any atom is 0.341 e.